The molecule has 2 aromatic rings. The zero-order chi connectivity index (χ0) is 14.9. The van der Waals surface area contributed by atoms with Crippen LogP contribution in [0.5, 0.6) is 5.75 Å². The number of hydrogen-bond acceptors (Lipinski definition) is 3. The molecule has 0 atom stereocenters. The summed E-state index contributed by atoms with van der Waals surface area (Å²) in [5.74, 6) is 0.890. The molecule has 112 valence electrons. The van der Waals surface area contributed by atoms with Crippen LogP contribution in [0.15, 0.2) is 53.0 Å². The third-order valence-corrected chi connectivity index (χ3v) is 3.50. The van der Waals surface area contributed by atoms with E-state index >= 15 is 0 Å². The number of methoxy groups -OCH3 is 1. The smallest absolute Gasteiger partial charge is 0.120 e. The molecule has 0 radical (unpaired) electrons. The molecule has 0 saturated carbocycles. The second kappa shape index (κ2) is 8.82. The Morgan fingerprint density at radius 3 is 2.67 bits per heavy atom. The van der Waals surface area contributed by atoms with Gasteiger partial charge < -0.3 is 14.8 Å². The highest BCUT2D eigenvalue weighted by Gasteiger charge is 1.99. The molecule has 1 N–H and O–H groups in total. The Hall–Kier alpha value is -1.36. The molecule has 4 heteroatoms. The minimum Gasteiger partial charge on any atom is -0.489 e. The maximum atomic E-state index is 5.84. The van der Waals surface area contributed by atoms with E-state index in [-0.39, 0.29) is 0 Å². The lowest BCUT2D eigenvalue weighted by Gasteiger charge is -2.09. The van der Waals surface area contributed by atoms with Gasteiger partial charge in [-0.25, -0.2) is 0 Å². The average Bonchev–Trinajstić information content (AvgIpc) is 2.50. The highest BCUT2D eigenvalue weighted by molar-refractivity contribution is 9.10. The van der Waals surface area contributed by atoms with Crippen molar-refractivity contribution >= 4 is 15.9 Å². The summed E-state index contributed by atoms with van der Waals surface area (Å²) in [6, 6.07) is 16.3. The maximum absolute atomic E-state index is 5.84. The molecule has 0 amide bonds. The van der Waals surface area contributed by atoms with Gasteiger partial charge in [0.2, 0.25) is 0 Å². The monoisotopic (exact) mass is 349 g/mol. The number of halogens is 1. The van der Waals surface area contributed by atoms with E-state index in [1.165, 1.54) is 5.56 Å². The molecule has 0 fully saturated rings. The van der Waals surface area contributed by atoms with Crippen molar-refractivity contribution in [1.29, 1.82) is 0 Å². The highest BCUT2D eigenvalue weighted by atomic mass is 79.9. The number of ether oxygens (including phenoxy) is 2. The number of benzene rings is 2. The van der Waals surface area contributed by atoms with Crippen LogP contribution < -0.4 is 10.1 Å². The van der Waals surface area contributed by atoms with Crippen molar-refractivity contribution in [1.82, 2.24) is 5.32 Å². The van der Waals surface area contributed by atoms with E-state index in [1.54, 1.807) is 7.11 Å². The topological polar surface area (TPSA) is 30.5 Å². The summed E-state index contributed by atoms with van der Waals surface area (Å²) in [7, 11) is 1.71. The van der Waals surface area contributed by atoms with Gasteiger partial charge in [0.1, 0.15) is 12.4 Å². The Kier molecular flexibility index (Phi) is 6.73. The third kappa shape index (κ3) is 5.87. The van der Waals surface area contributed by atoms with E-state index in [1.807, 2.05) is 24.3 Å². The summed E-state index contributed by atoms with van der Waals surface area (Å²) in [4.78, 5) is 0. The summed E-state index contributed by atoms with van der Waals surface area (Å²) < 4.78 is 11.9. The molecule has 2 aromatic carbocycles. The first-order valence-corrected chi connectivity index (χ1v) is 7.73. The molecule has 3 nitrogen and oxygen atoms in total. The normalized spacial score (nSPS) is 10.6. The second-order valence-electron chi connectivity index (χ2n) is 4.74. The highest BCUT2D eigenvalue weighted by Crippen LogP contribution is 2.17. The number of hydrogen-bond donors (Lipinski definition) is 1. The van der Waals surface area contributed by atoms with Crippen LogP contribution in [-0.2, 0) is 17.9 Å². The van der Waals surface area contributed by atoms with Crippen molar-refractivity contribution in [3.8, 4) is 5.75 Å². The molecule has 0 heterocycles. The number of rotatable bonds is 8. The van der Waals surface area contributed by atoms with Crippen molar-refractivity contribution < 1.29 is 9.47 Å². The zero-order valence-corrected chi connectivity index (χ0v) is 13.7. The number of nitrogens with one attached hydrogen (secondary N) is 1. The first kappa shape index (κ1) is 16.0. The lowest BCUT2D eigenvalue weighted by molar-refractivity contribution is 0.199. The van der Waals surface area contributed by atoms with Crippen LogP contribution in [0.4, 0.5) is 0 Å². The van der Waals surface area contributed by atoms with Gasteiger partial charge in [0.25, 0.3) is 0 Å². The fourth-order valence-corrected chi connectivity index (χ4v) is 2.39. The van der Waals surface area contributed by atoms with Crippen LogP contribution >= 0.6 is 15.9 Å². The molecule has 0 unspecified atom stereocenters. The SMILES string of the molecule is COCCNCc1cccc(OCc2cccc(Br)c2)c1. The molecule has 0 aromatic heterocycles. The van der Waals surface area contributed by atoms with E-state index in [4.69, 9.17) is 9.47 Å². The quantitative estimate of drug-likeness (QED) is 0.736. The minimum absolute atomic E-state index is 0.569. The van der Waals surface area contributed by atoms with Gasteiger partial charge in [-0.2, -0.15) is 0 Å². The Balaban J connectivity index is 1.86. The fourth-order valence-electron chi connectivity index (χ4n) is 1.95. The van der Waals surface area contributed by atoms with Crippen molar-refractivity contribution in [2.45, 2.75) is 13.2 Å². The minimum atomic E-state index is 0.569. The molecule has 21 heavy (non-hydrogen) atoms. The van der Waals surface area contributed by atoms with Crippen LogP contribution in [-0.4, -0.2) is 20.3 Å². The van der Waals surface area contributed by atoms with Gasteiger partial charge >= 0.3 is 0 Å². The van der Waals surface area contributed by atoms with E-state index in [9.17, 15) is 0 Å². The Bertz CT molecular complexity index is 560. The molecular formula is C17H20BrNO2. The summed E-state index contributed by atoms with van der Waals surface area (Å²) in [6.07, 6.45) is 0. The zero-order valence-electron chi connectivity index (χ0n) is 12.1. The van der Waals surface area contributed by atoms with Gasteiger partial charge in [-0.15, -0.1) is 0 Å². The van der Waals surface area contributed by atoms with Crippen molar-refractivity contribution in [3.05, 3.63) is 64.1 Å². The standard InChI is InChI=1S/C17H20BrNO2/c1-20-9-8-19-12-14-4-3-7-17(11-14)21-13-15-5-2-6-16(18)10-15/h2-7,10-11,19H,8-9,12-13H2,1H3. The molecule has 0 aliphatic carbocycles. The first-order chi connectivity index (χ1) is 10.3. The summed E-state index contributed by atoms with van der Waals surface area (Å²) in [5.41, 5.74) is 2.35. The van der Waals surface area contributed by atoms with E-state index in [0.717, 1.165) is 35.5 Å². The van der Waals surface area contributed by atoms with E-state index in [2.05, 4.69) is 45.5 Å². The second-order valence-corrected chi connectivity index (χ2v) is 5.65. The van der Waals surface area contributed by atoms with Gasteiger partial charge in [-0.1, -0.05) is 40.2 Å². The molecule has 0 aliphatic heterocycles. The maximum Gasteiger partial charge on any atom is 0.120 e. The lowest BCUT2D eigenvalue weighted by atomic mass is 10.2. The van der Waals surface area contributed by atoms with E-state index < -0.39 is 0 Å². The predicted molar refractivity (Wildman–Crippen MR) is 88.5 cm³/mol. The van der Waals surface area contributed by atoms with E-state index in [0.29, 0.717) is 6.61 Å². The van der Waals surface area contributed by atoms with Crippen LogP contribution in [0.1, 0.15) is 11.1 Å². The first-order valence-electron chi connectivity index (χ1n) is 6.94. The predicted octanol–water partition coefficient (Wildman–Crippen LogP) is 3.76. The Morgan fingerprint density at radius 2 is 1.86 bits per heavy atom. The molecule has 2 rings (SSSR count). The Labute approximate surface area is 134 Å². The average molecular weight is 350 g/mol. The molecule has 0 aliphatic rings. The van der Waals surface area contributed by atoms with Crippen molar-refractivity contribution in [2.75, 3.05) is 20.3 Å². The Morgan fingerprint density at radius 1 is 1.05 bits per heavy atom. The fraction of sp³-hybridized carbons (Fsp3) is 0.294. The summed E-state index contributed by atoms with van der Waals surface area (Å²) >= 11 is 3.47. The van der Waals surface area contributed by atoms with Crippen molar-refractivity contribution in [3.63, 3.8) is 0 Å². The van der Waals surface area contributed by atoms with Crippen LogP contribution in [0.2, 0.25) is 0 Å². The van der Waals surface area contributed by atoms with Gasteiger partial charge in [-0.05, 0) is 35.4 Å². The van der Waals surface area contributed by atoms with Crippen molar-refractivity contribution in [2.24, 2.45) is 0 Å². The van der Waals surface area contributed by atoms with Gasteiger partial charge in [0, 0.05) is 24.7 Å². The molecule has 0 spiro atoms. The largest absolute Gasteiger partial charge is 0.489 e. The van der Waals surface area contributed by atoms with Crippen LogP contribution in [0.3, 0.4) is 0 Å². The molecule has 0 bridgehead atoms. The lowest BCUT2D eigenvalue weighted by Crippen LogP contribution is -2.18. The van der Waals surface area contributed by atoms with Gasteiger partial charge in [0.05, 0.1) is 6.61 Å². The van der Waals surface area contributed by atoms with Gasteiger partial charge in [0.15, 0.2) is 0 Å². The summed E-state index contributed by atoms with van der Waals surface area (Å²) in [6.45, 7) is 2.95. The summed E-state index contributed by atoms with van der Waals surface area (Å²) in [5, 5.41) is 3.32. The molecule has 0 saturated heterocycles. The van der Waals surface area contributed by atoms with Crippen LogP contribution in [0, 0.1) is 0 Å². The van der Waals surface area contributed by atoms with Gasteiger partial charge in [-0.3, -0.25) is 0 Å². The van der Waals surface area contributed by atoms with Crippen LogP contribution in [0.25, 0.3) is 0 Å². The molecular weight excluding hydrogens is 330 g/mol. The third-order valence-electron chi connectivity index (χ3n) is 3.01.